The average molecular weight is 235 g/mol. The van der Waals surface area contributed by atoms with E-state index in [1.54, 1.807) is 4.68 Å². The molecule has 1 N–H and O–H groups in total. The van der Waals surface area contributed by atoms with Crippen LogP contribution in [0.2, 0.25) is 0 Å². The summed E-state index contributed by atoms with van der Waals surface area (Å²) in [7, 11) is 1.85. The number of rotatable bonds is 0. The topological polar surface area (TPSA) is 56.2 Å². The van der Waals surface area contributed by atoms with E-state index in [1.165, 1.54) is 0 Å². The molecule has 0 amide bonds. The molecule has 1 fully saturated rings. The minimum Gasteiger partial charge on any atom is -0.482 e. The minimum absolute atomic E-state index is 0.122. The molecule has 1 aromatic rings. The smallest absolute Gasteiger partial charge is 0.190 e. The molecule has 0 unspecified atom stereocenters. The number of Topliss-reactive ketones (excluding diaryl/α,β-unsaturated/α-hetero) is 1. The fourth-order valence-electron chi connectivity index (χ4n) is 2.68. The highest BCUT2D eigenvalue weighted by molar-refractivity contribution is 5.98. The number of nitrogens with one attached hydrogen (secondary N) is 1. The molecule has 2 aliphatic rings. The van der Waals surface area contributed by atoms with Crippen LogP contribution in [0.1, 0.15) is 35.4 Å². The van der Waals surface area contributed by atoms with E-state index in [-0.39, 0.29) is 11.4 Å². The summed E-state index contributed by atoms with van der Waals surface area (Å²) in [5.41, 5.74) is 1.16. The van der Waals surface area contributed by atoms with Gasteiger partial charge in [-0.1, -0.05) is 0 Å². The quantitative estimate of drug-likeness (QED) is 0.723. The largest absolute Gasteiger partial charge is 0.482 e. The predicted octanol–water partition coefficient (Wildman–Crippen LogP) is 0.816. The van der Waals surface area contributed by atoms with Gasteiger partial charge < -0.3 is 10.1 Å². The summed E-state index contributed by atoms with van der Waals surface area (Å²) in [5, 5.41) is 7.54. The Morgan fingerprint density at radius 2 is 2.12 bits per heavy atom. The lowest BCUT2D eigenvalue weighted by Crippen LogP contribution is -2.49. The Morgan fingerprint density at radius 3 is 2.82 bits per heavy atom. The van der Waals surface area contributed by atoms with Crippen molar-refractivity contribution in [2.24, 2.45) is 7.05 Å². The second kappa shape index (κ2) is 3.57. The maximum absolute atomic E-state index is 12.1. The SMILES string of the molecule is Cc1c2c(nn1C)C(=O)CC1(CCNCC1)O2. The fraction of sp³-hybridized carbons (Fsp3) is 0.667. The van der Waals surface area contributed by atoms with Gasteiger partial charge in [-0.15, -0.1) is 0 Å². The van der Waals surface area contributed by atoms with Crippen LogP contribution in [0.3, 0.4) is 0 Å². The minimum atomic E-state index is -0.289. The van der Waals surface area contributed by atoms with Crippen LogP contribution in [0.15, 0.2) is 0 Å². The van der Waals surface area contributed by atoms with Gasteiger partial charge in [0.25, 0.3) is 0 Å². The molecule has 2 aliphatic heterocycles. The molecular formula is C12H17N3O2. The van der Waals surface area contributed by atoms with Crippen molar-refractivity contribution in [3.63, 3.8) is 0 Å². The number of carbonyl (C=O) groups is 1. The summed E-state index contributed by atoms with van der Waals surface area (Å²) in [6.45, 7) is 3.78. The number of aryl methyl sites for hydroxylation is 1. The molecule has 3 heterocycles. The molecule has 1 spiro atoms. The van der Waals surface area contributed by atoms with Crippen molar-refractivity contribution in [3.8, 4) is 5.75 Å². The van der Waals surface area contributed by atoms with Gasteiger partial charge in [0, 0.05) is 19.9 Å². The van der Waals surface area contributed by atoms with E-state index < -0.39 is 0 Å². The molecule has 0 saturated carbocycles. The van der Waals surface area contributed by atoms with E-state index in [9.17, 15) is 4.79 Å². The lowest BCUT2D eigenvalue weighted by molar-refractivity contribution is 0.0180. The van der Waals surface area contributed by atoms with Crippen molar-refractivity contribution in [1.29, 1.82) is 0 Å². The Balaban J connectivity index is 2.01. The molecule has 0 aliphatic carbocycles. The molecule has 0 radical (unpaired) electrons. The maximum atomic E-state index is 12.1. The van der Waals surface area contributed by atoms with Gasteiger partial charge in [0.05, 0.1) is 12.1 Å². The van der Waals surface area contributed by atoms with Crippen molar-refractivity contribution in [3.05, 3.63) is 11.4 Å². The van der Waals surface area contributed by atoms with Crippen molar-refractivity contribution in [2.75, 3.05) is 13.1 Å². The van der Waals surface area contributed by atoms with Gasteiger partial charge in [-0.25, -0.2) is 0 Å². The molecule has 5 heteroatoms. The first-order valence-electron chi connectivity index (χ1n) is 6.08. The number of hydrogen-bond donors (Lipinski definition) is 1. The average Bonchev–Trinajstić information content (AvgIpc) is 2.58. The van der Waals surface area contributed by atoms with Crippen molar-refractivity contribution in [2.45, 2.75) is 31.8 Å². The number of carbonyl (C=O) groups excluding carboxylic acids is 1. The highest BCUT2D eigenvalue weighted by Gasteiger charge is 2.43. The molecule has 1 aromatic heterocycles. The summed E-state index contributed by atoms with van der Waals surface area (Å²) >= 11 is 0. The van der Waals surface area contributed by atoms with Crippen LogP contribution < -0.4 is 10.1 Å². The molecule has 1 saturated heterocycles. The maximum Gasteiger partial charge on any atom is 0.190 e. The van der Waals surface area contributed by atoms with Crippen molar-refractivity contribution in [1.82, 2.24) is 15.1 Å². The van der Waals surface area contributed by atoms with Crippen LogP contribution in [-0.2, 0) is 7.05 Å². The second-order valence-corrected chi connectivity index (χ2v) is 5.02. The third-order valence-corrected chi connectivity index (χ3v) is 3.86. The van der Waals surface area contributed by atoms with E-state index in [0.717, 1.165) is 31.6 Å². The predicted molar refractivity (Wildman–Crippen MR) is 62.4 cm³/mol. The molecule has 92 valence electrons. The summed E-state index contributed by atoms with van der Waals surface area (Å²) in [6, 6.07) is 0. The first-order valence-corrected chi connectivity index (χ1v) is 6.08. The fourth-order valence-corrected chi connectivity index (χ4v) is 2.68. The van der Waals surface area contributed by atoms with E-state index in [4.69, 9.17) is 4.74 Å². The molecule has 17 heavy (non-hydrogen) atoms. The number of hydrogen-bond acceptors (Lipinski definition) is 4. The third-order valence-electron chi connectivity index (χ3n) is 3.86. The van der Waals surface area contributed by atoms with Crippen molar-refractivity contribution < 1.29 is 9.53 Å². The molecule has 0 aromatic carbocycles. The second-order valence-electron chi connectivity index (χ2n) is 5.02. The van der Waals surface area contributed by atoms with Crippen LogP contribution in [0.25, 0.3) is 0 Å². The summed E-state index contributed by atoms with van der Waals surface area (Å²) in [5.74, 6) is 0.822. The van der Waals surface area contributed by atoms with Crippen molar-refractivity contribution >= 4 is 5.78 Å². The Kier molecular flexibility index (Phi) is 2.26. The Morgan fingerprint density at radius 1 is 1.41 bits per heavy atom. The number of nitrogens with zero attached hydrogens (tertiary/aromatic N) is 2. The van der Waals surface area contributed by atoms with E-state index in [0.29, 0.717) is 17.9 Å². The number of ether oxygens (including phenoxy) is 1. The summed E-state index contributed by atoms with van der Waals surface area (Å²) in [4.78, 5) is 12.1. The monoisotopic (exact) mass is 235 g/mol. The molecule has 5 nitrogen and oxygen atoms in total. The van der Waals surface area contributed by atoms with Crippen LogP contribution in [0, 0.1) is 6.92 Å². The van der Waals surface area contributed by atoms with Gasteiger partial charge in [0.1, 0.15) is 5.60 Å². The first-order chi connectivity index (χ1) is 8.11. The Hall–Kier alpha value is -1.36. The number of piperidine rings is 1. The number of aromatic nitrogens is 2. The van der Waals surface area contributed by atoms with Crippen LogP contribution in [0.5, 0.6) is 5.75 Å². The normalized spacial score (nSPS) is 22.4. The highest BCUT2D eigenvalue weighted by atomic mass is 16.5. The van der Waals surface area contributed by atoms with Crippen LogP contribution in [0.4, 0.5) is 0 Å². The Bertz CT molecular complexity index is 472. The number of fused-ring (bicyclic) bond motifs is 1. The highest BCUT2D eigenvalue weighted by Crippen LogP contribution is 2.39. The number of ketones is 1. The summed E-state index contributed by atoms with van der Waals surface area (Å²) in [6.07, 6.45) is 2.26. The van der Waals surface area contributed by atoms with Crippen LogP contribution >= 0.6 is 0 Å². The van der Waals surface area contributed by atoms with Gasteiger partial charge in [0.2, 0.25) is 0 Å². The molecule has 0 atom stereocenters. The van der Waals surface area contributed by atoms with Gasteiger partial charge in [0.15, 0.2) is 17.2 Å². The zero-order valence-electron chi connectivity index (χ0n) is 10.2. The third kappa shape index (κ3) is 1.57. The Labute approximate surface area is 100 Å². The summed E-state index contributed by atoms with van der Waals surface area (Å²) < 4.78 is 7.86. The zero-order chi connectivity index (χ0) is 12.0. The lowest BCUT2D eigenvalue weighted by Gasteiger charge is -2.39. The molecule has 0 bridgehead atoms. The van der Waals surface area contributed by atoms with Gasteiger partial charge >= 0.3 is 0 Å². The van der Waals surface area contributed by atoms with Crippen LogP contribution in [-0.4, -0.2) is 34.3 Å². The van der Waals surface area contributed by atoms with Gasteiger partial charge in [-0.3, -0.25) is 9.48 Å². The van der Waals surface area contributed by atoms with E-state index in [2.05, 4.69) is 10.4 Å². The van der Waals surface area contributed by atoms with E-state index in [1.807, 2.05) is 14.0 Å². The standard InChI is InChI=1S/C12H17N3O2/c1-8-11-10(14-15(8)2)9(16)7-12(17-11)3-5-13-6-4-12/h13H,3-7H2,1-2H3. The molecular weight excluding hydrogens is 218 g/mol. The van der Waals surface area contributed by atoms with Gasteiger partial charge in [-0.2, -0.15) is 5.10 Å². The molecule has 3 rings (SSSR count). The van der Waals surface area contributed by atoms with E-state index >= 15 is 0 Å². The first kappa shape index (κ1) is 10.8. The zero-order valence-corrected chi connectivity index (χ0v) is 10.2. The van der Waals surface area contributed by atoms with Gasteiger partial charge in [-0.05, 0) is 20.0 Å². The lowest BCUT2D eigenvalue weighted by atomic mass is 9.84.